The molecule has 5 nitrogen and oxygen atoms in total. The summed E-state index contributed by atoms with van der Waals surface area (Å²) in [6.07, 6.45) is 1.62. The van der Waals surface area contributed by atoms with Crippen molar-refractivity contribution in [3.63, 3.8) is 0 Å². The van der Waals surface area contributed by atoms with Crippen LogP contribution in [0, 0.1) is 24.6 Å². The summed E-state index contributed by atoms with van der Waals surface area (Å²) in [4.78, 5) is 6.72. The molecule has 0 bridgehead atoms. The number of sulfonamides is 1. The van der Waals surface area contributed by atoms with E-state index >= 15 is 0 Å². The average Bonchev–Trinajstić information content (AvgIpc) is 3.14. The quantitative estimate of drug-likeness (QED) is 0.801. The van der Waals surface area contributed by atoms with E-state index in [-0.39, 0.29) is 16.7 Å². The number of fused-ring (bicyclic) bond motifs is 1. The van der Waals surface area contributed by atoms with Crippen LogP contribution in [0.4, 0.5) is 10.2 Å². The maximum atomic E-state index is 13.3. The minimum absolute atomic E-state index is 0.190. The van der Waals surface area contributed by atoms with Gasteiger partial charge in [0.2, 0.25) is 10.0 Å². The standard InChI is InChI=1S/C18H19ClFN3O2S/c1-12-6-16(20)3-4-17(12)26(24,25)23-10-13-8-22(9-14(13)11-23)18-5-2-15(19)7-21-18/h2-7,13-14H,8-11H2,1H3. The van der Waals surface area contributed by atoms with Crippen LogP contribution in [0.2, 0.25) is 5.02 Å². The SMILES string of the molecule is Cc1cc(F)ccc1S(=O)(=O)N1CC2CN(c3ccc(Cl)cn3)CC2C1. The molecule has 2 saturated heterocycles. The average molecular weight is 396 g/mol. The highest BCUT2D eigenvalue weighted by Crippen LogP contribution is 2.36. The Morgan fingerprint density at radius 3 is 2.38 bits per heavy atom. The number of hydrogen-bond acceptors (Lipinski definition) is 4. The second-order valence-corrected chi connectivity index (χ2v) is 9.33. The molecule has 0 aliphatic carbocycles. The molecule has 138 valence electrons. The van der Waals surface area contributed by atoms with Gasteiger partial charge < -0.3 is 4.90 Å². The first-order valence-electron chi connectivity index (χ1n) is 8.47. The summed E-state index contributed by atoms with van der Waals surface area (Å²) < 4.78 is 40.7. The van der Waals surface area contributed by atoms with Crippen molar-refractivity contribution in [2.45, 2.75) is 11.8 Å². The largest absolute Gasteiger partial charge is 0.356 e. The Labute approximate surface area is 157 Å². The lowest BCUT2D eigenvalue weighted by Crippen LogP contribution is -2.33. The van der Waals surface area contributed by atoms with E-state index in [1.807, 2.05) is 12.1 Å². The lowest BCUT2D eigenvalue weighted by molar-refractivity contribution is 0.452. The topological polar surface area (TPSA) is 53.5 Å². The predicted molar refractivity (Wildman–Crippen MR) is 98.3 cm³/mol. The van der Waals surface area contributed by atoms with Gasteiger partial charge >= 0.3 is 0 Å². The summed E-state index contributed by atoms with van der Waals surface area (Å²) in [6, 6.07) is 7.52. The van der Waals surface area contributed by atoms with E-state index in [9.17, 15) is 12.8 Å². The summed E-state index contributed by atoms with van der Waals surface area (Å²) >= 11 is 5.89. The molecular weight excluding hydrogens is 377 g/mol. The number of halogens is 2. The fraction of sp³-hybridized carbons (Fsp3) is 0.389. The zero-order valence-electron chi connectivity index (χ0n) is 14.3. The number of hydrogen-bond donors (Lipinski definition) is 0. The minimum Gasteiger partial charge on any atom is -0.356 e. The number of pyridine rings is 1. The molecule has 4 rings (SSSR count). The Bertz CT molecular complexity index is 922. The molecule has 0 spiro atoms. The Morgan fingerprint density at radius 1 is 1.12 bits per heavy atom. The Morgan fingerprint density at radius 2 is 1.81 bits per heavy atom. The fourth-order valence-corrected chi connectivity index (χ4v) is 5.80. The Balaban J connectivity index is 1.49. The molecule has 2 aliphatic rings. The van der Waals surface area contributed by atoms with Crippen molar-refractivity contribution < 1.29 is 12.8 Å². The van der Waals surface area contributed by atoms with Crippen LogP contribution < -0.4 is 4.90 Å². The molecule has 0 N–H and O–H groups in total. The summed E-state index contributed by atoms with van der Waals surface area (Å²) in [5.74, 6) is 0.976. The molecule has 0 radical (unpaired) electrons. The second kappa shape index (κ2) is 6.48. The van der Waals surface area contributed by atoms with Crippen LogP contribution in [0.5, 0.6) is 0 Å². The van der Waals surface area contributed by atoms with Crippen molar-refractivity contribution >= 4 is 27.4 Å². The van der Waals surface area contributed by atoms with Gasteiger partial charge in [0.15, 0.2) is 0 Å². The first kappa shape index (κ1) is 17.7. The highest BCUT2D eigenvalue weighted by molar-refractivity contribution is 7.89. The van der Waals surface area contributed by atoms with Gasteiger partial charge in [-0.05, 0) is 54.7 Å². The summed E-state index contributed by atoms with van der Waals surface area (Å²) in [6.45, 7) is 4.13. The van der Waals surface area contributed by atoms with E-state index in [0.29, 0.717) is 23.7 Å². The van der Waals surface area contributed by atoms with Crippen LogP contribution in [0.25, 0.3) is 0 Å². The molecule has 0 saturated carbocycles. The second-order valence-electron chi connectivity index (χ2n) is 6.99. The van der Waals surface area contributed by atoms with E-state index in [2.05, 4.69) is 9.88 Å². The molecule has 2 aromatic rings. The molecule has 26 heavy (non-hydrogen) atoms. The van der Waals surface area contributed by atoms with E-state index in [1.54, 1.807) is 13.1 Å². The van der Waals surface area contributed by atoms with Crippen LogP contribution in [-0.2, 0) is 10.0 Å². The number of aromatic nitrogens is 1. The van der Waals surface area contributed by atoms with Gasteiger partial charge in [-0.3, -0.25) is 0 Å². The van der Waals surface area contributed by atoms with Gasteiger partial charge in [-0.25, -0.2) is 17.8 Å². The lowest BCUT2D eigenvalue weighted by Gasteiger charge is -2.22. The zero-order chi connectivity index (χ0) is 18.5. The monoisotopic (exact) mass is 395 g/mol. The van der Waals surface area contributed by atoms with Crippen molar-refractivity contribution in [2.75, 3.05) is 31.1 Å². The highest BCUT2D eigenvalue weighted by Gasteiger charge is 2.44. The predicted octanol–water partition coefficient (Wildman–Crippen LogP) is 2.94. The maximum Gasteiger partial charge on any atom is 0.243 e. The molecule has 3 heterocycles. The third-order valence-electron chi connectivity index (χ3n) is 5.24. The first-order valence-corrected chi connectivity index (χ1v) is 10.3. The smallest absolute Gasteiger partial charge is 0.243 e. The van der Waals surface area contributed by atoms with Crippen LogP contribution in [0.1, 0.15) is 5.56 Å². The number of rotatable bonds is 3. The Kier molecular flexibility index (Phi) is 4.41. The maximum absolute atomic E-state index is 13.3. The molecule has 0 amide bonds. The van der Waals surface area contributed by atoms with Crippen molar-refractivity contribution in [1.29, 1.82) is 0 Å². The molecule has 2 aliphatic heterocycles. The lowest BCUT2D eigenvalue weighted by atomic mass is 10.0. The number of anilines is 1. The van der Waals surface area contributed by atoms with Gasteiger partial charge in [-0.15, -0.1) is 0 Å². The van der Waals surface area contributed by atoms with E-state index in [4.69, 9.17) is 11.6 Å². The van der Waals surface area contributed by atoms with Crippen LogP contribution in [-0.4, -0.2) is 43.9 Å². The third-order valence-corrected chi connectivity index (χ3v) is 7.46. The van der Waals surface area contributed by atoms with Gasteiger partial charge in [0, 0.05) is 32.4 Å². The van der Waals surface area contributed by atoms with Crippen molar-refractivity contribution in [1.82, 2.24) is 9.29 Å². The van der Waals surface area contributed by atoms with Gasteiger partial charge in [-0.1, -0.05) is 11.6 Å². The third kappa shape index (κ3) is 3.08. The molecule has 2 unspecified atom stereocenters. The van der Waals surface area contributed by atoms with Gasteiger partial charge in [0.05, 0.1) is 9.92 Å². The van der Waals surface area contributed by atoms with Crippen LogP contribution in [0.15, 0.2) is 41.4 Å². The molecule has 2 atom stereocenters. The van der Waals surface area contributed by atoms with E-state index in [0.717, 1.165) is 18.9 Å². The van der Waals surface area contributed by atoms with Crippen molar-refractivity contribution in [3.05, 3.63) is 52.9 Å². The summed E-state index contributed by atoms with van der Waals surface area (Å²) in [5.41, 5.74) is 0.439. The Hall–Kier alpha value is -1.70. The van der Waals surface area contributed by atoms with E-state index < -0.39 is 15.8 Å². The number of nitrogens with zero attached hydrogens (tertiary/aromatic N) is 3. The fourth-order valence-electron chi connectivity index (χ4n) is 3.93. The highest BCUT2D eigenvalue weighted by atomic mass is 35.5. The number of aryl methyl sites for hydroxylation is 1. The number of benzene rings is 1. The zero-order valence-corrected chi connectivity index (χ0v) is 15.8. The molecular formula is C18H19ClFN3O2S. The minimum atomic E-state index is -3.60. The molecule has 1 aromatic heterocycles. The van der Waals surface area contributed by atoms with Crippen LogP contribution in [0.3, 0.4) is 0 Å². The molecule has 8 heteroatoms. The van der Waals surface area contributed by atoms with Gasteiger partial charge in [0.25, 0.3) is 0 Å². The normalized spacial score (nSPS) is 23.4. The summed E-state index contributed by atoms with van der Waals surface area (Å²) in [5, 5.41) is 0.597. The molecule has 2 fully saturated rings. The first-order chi connectivity index (χ1) is 12.3. The van der Waals surface area contributed by atoms with E-state index in [1.165, 1.54) is 22.5 Å². The molecule has 1 aromatic carbocycles. The van der Waals surface area contributed by atoms with Gasteiger partial charge in [0.1, 0.15) is 11.6 Å². The van der Waals surface area contributed by atoms with Crippen molar-refractivity contribution in [3.8, 4) is 0 Å². The van der Waals surface area contributed by atoms with Crippen molar-refractivity contribution in [2.24, 2.45) is 11.8 Å². The van der Waals surface area contributed by atoms with Crippen LogP contribution >= 0.6 is 11.6 Å². The van der Waals surface area contributed by atoms with Gasteiger partial charge in [-0.2, -0.15) is 4.31 Å². The summed E-state index contributed by atoms with van der Waals surface area (Å²) in [7, 11) is -3.60.